The summed E-state index contributed by atoms with van der Waals surface area (Å²) in [5.74, 6) is -1.17. The predicted octanol–water partition coefficient (Wildman–Crippen LogP) is 3.66. The van der Waals surface area contributed by atoms with Crippen LogP contribution in [0.4, 0.5) is 5.69 Å². The molecule has 166 valence electrons. The Balaban J connectivity index is 1.50. The number of amides is 1. The second-order valence-corrected chi connectivity index (χ2v) is 8.92. The Kier molecular flexibility index (Phi) is 7.86. The van der Waals surface area contributed by atoms with E-state index in [0.29, 0.717) is 18.0 Å². The summed E-state index contributed by atoms with van der Waals surface area (Å²) in [4.78, 5) is 24.3. The molecule has 1 amide bonds. The Hall–Kier alpha value is -3.36. The van der Waals surface area contributed by atoms with Gasteiger partial charge in [-0.1, -0.05) is 48.0 Å². The molecular weight excluding hydrogens is 452 g/mol. The van der Waals surface area contributed by atoms with Crippen molar-refractivity contribution in [2.24, 2.45) is 0 Å². The fourth-order valence-corrected chi connectivity index (χ4v) is 3.98. The standard InChI is InChI=1S/C23H21ClN2O5S/c24-19-11-9-17(10-12-19)13-14-25-22(27)16-31-23(28)18-5-4-6-20(15-18)26-32(29,30)21-7-2-1-3-8-21/h1-12,15,26H,13-14,16H2,(H,25,27). The van der Waals surface area contributed by atoms with E-state index in [9.17, 15) is 18.0 Å². The lowest BCUT2D eigenvalue weighted by atomic mass is 10.1. The summed E-state index contributed by atoms with van der Waals surface area (Å²) in [7, 11) is -3.79. The first-order chi connectivity index (χ1) is 15.3. The number of rotatable bonds is 9. The van der Waals surface area contributed by atoms with Crippen LogP contribution in [0.2, 0.25) is 5.02 Å². The van der Waals surface area contributed by atoms with Crippen molar-refractivity contribution < 1.29 is 22.7 Å². The van der Waals surface area contributed by atoms with Crippen LogP contribution in [0.25, 0.3) is 0 Å². The van der Waals surface area contributed by atoms with Crippen molar-refractivity contribution >= 4 is 39.2 Å². The number of esters is 1. The van der Waals surface area contributed by atoms with Gasteiger partial charge in [-0.25, -0.2) is 13.2 Å². The maximum Gasteiger partial charge on any atom is 0.338 e. The fourth-order valence-electron chi connectivity index (χ4n) is 2.79. The van der Waals surface area contributed by atoms with Crippen LogP contribution in [0.15, 0.2) is 83.8 Å². The Labute approximate surface area is 191 Å². The highest BCUT2D eigenvalue weighted by Gasteiger charge is 2.15. The second kappa shape index (κ2) is 10.8. The van der Waals surface area contributed by atoms with E-state index >= 15 is 0 Å². The third-order valence-electron chi connectivity index (χ3n) is 4.39. The molecule has 0 aliphatic heterocycles. The van der Waals surface area contributed by atoms with Gasteiger partial charge in [0.1, 0.15) is 0 Å². The summed E-state index contributed by atoms with van der Waals surface area (Å²) in [6.07, 6.45) is 0.612. The summed E-state index contributed by atoms with van der Waals surface area (Å²) in [5, 5.41) is 3.31. The molecule has 3 aromatic carbocycles. The highest BCUT2D eigenvalue weighted by Crippen LogP contribution is 2.17. The van der Waals surface area contributed by atoms with Gasteiger partial charge >= 0.3 is 5.97 Å². The summed E-state index contributed by atoms with van der Waals surface area (Å²) >= 11 is 5.83. The number of sulfonamides is 1. The molecule has 7 nitrogen and oxygen atoms in total. The third-order valence-corrected chi connectivity index (χ3v) is 6.04. The summed E-state index contributed by atoms with van der Waals surface area (Å²) in [5.41, 5.74) is 1.34. The van der Waals surface area contributed by atoms with Gasteiger partial charge in [-0.15, -0.1) is 0 Å². The number of benzene rings is 3. The van der Waals surface area contributed by atoms with Crippen LogP contribution < -0.4 is 10.0 Å². The number of halogens is 1. The molecule has 9 heteroatoms. The zero-order chi connectivity index (χ0) is 23.0. The van der Waals surface area contributed by atoms with Gasteiger partial charge in [0.15, 0.2) is 6.61 Å². The van der Waals surface area contributed by atoms with E-state index in [1.165, 1.54) is 36.4 Å². The Morgan fingerprint density at radius 3 is 2.34 bits per heavy atom. The lowest BCUT2D eigenvalue weighted by Gasteiger charge is -2.10. The first-order valence-electron chi connectivity index (χ1n) is 9.70. The maximum atomic E-state index is 12.4. The number of nitrogens with one attached hydrogen (secondary N) is 2. The molecule has 32 heavy (non-hydrogen) atoms. The van der Waals surface area contributed by atoms with Crippen LogP contribution in [0, 0.1) is 0 Å². The molecule has 0 spiro atoms. The molecule has 3 aromatic rings. The average molecular weight is 473 g/mol. The van der Waals surface area contributed by atoms with Crippen LogP contribution in [0.3, 0.4) is 0 Å². The van der Waals surface area contributed by atoms with E-state index < -0.39 is 28.5 Å². The van der Waals surface area contributed by atoms with Crippen molar-refractivity contribution in [3.05, 3.63) is 95.0 Å². The molecule has 0 aromatic heterocycles. The molecule has 0 aliphatic carbocycles. The topological polar surface area (TPSA) is 102 Å². The molecule has 0 saturated carbocycles. The smallest absolute Gasteiger partial charge is 0.338 e. The van der Waals surface area contributed by atoms with Crippen LogP contribution in [-0.2, 0) is 26.0 Å². The molecule has 0 atom stereocenters. The number of carbonyl (C=O) groups excluding carboxylic acids is 2. The van der Waals surface area contributed by atoms with Crippen molar-refractivity contribution in [3.8, 4) is 0 Å². The van der Waals surface area contributed by atoms with Gasteiger partial charge in [0.2, 0.25) is 0 Å². The van der Waals surface area contributed by atoms with Crippen LogP contribution in [-0.4, -0.2) is 33.4 Å². The van der Waals surface area contributed by atoms with Crippen molar-refractivity contribution in [3.63, 3.8) is 0 Å². The highest BCUT2D eigenvalue weighted by molar-refractivity contribution is 7.92. The van der Waals surface area contributed by atoms with Gasteiger partial charge in [-0.2, -0.15) is 0 Å². The largest absolute Gasteiger partial charge is 0.452 e. The van der Waals surface area contributed by atoms with E-state index in [-0.39, 0.29) is 16.1 Å². The Morgan fingerprint density at radius 1 is 0.906 bits per heavy atom. The molecule has 0 radical (unpaired) electrons. The van der Waals surface area contributed by atoms with Gasteiger partial charge in [-0.05, 0) is 54.4 Å². The maximum absolute atomic E-state index is 12.4. The van der Waals surface area contributed by atoms with E-state index in [4.69, 9.17) is 16.3 Å². The number of ether oxygens (including phenoxy) is 1. The zero-order valence-corrected chi connectivity index (χ0v) is 18.5. The minimum Gasteiger partial charge on any atom is -0.452 e. The van der Waals surface area contributed by atoms with Crippen molar-refractivity contribution in [2.75, 3.05) is 17.9 Å². The van der Waals surface area contributed by atoms with Crippen LogP contribution in [0.1, 0.15) is 15.9 Å². The second-order valence-electron chi connectivity index (χ2n) is 6.80. The number of hydrogen-bond acceptors (Lipinski definition) is 5. The molecule has 0 unspecified atom stereocenters. The minimum absolute atomic E-state index is 0.100. The van der Waals surface area contributed by atoms with Crippen molar-refractivity contribution in [1.82, 2.24) is 5.32 Å². The molecule has 2 N–H and O–H groups in total. The minimum atomic E-state index is -3.79. The molecule has 0 heterocycles. The number of carbonyl (C=O) groups is 2. The Bertz CT molecular complexity index is 1180. The molecular formula is C23H21ClN2O5S. The van der Waals surface area contributed by atoms with Crippen LogP contribution in [0.5, 0.6) is 0 Å². The van der Waals surface area contributed by atoms with Crippen LogP contribution >= 0.6 is 11.6 Å². The predicted molar refractivity (Wildman–Crippen MR) is 122 cm³/mol. The molecule has 0 bridgehead atoms. The van der Waals surface area contributed by atoms with Gasteiger partial charge in [0.25, 0.3) is 15.9 Å². The molecule has 3 rings (SSSR count). The number of hydrogen-bond donors (Lipinski definition) is 2. The van der Waals surface area contributed by atoms with E-state index in [2.05, 4.69) is 10.0 Å². The quantitative estimate of drug-likeness (QED) is 0.463. The summed E-state index contributed by atoms with van der Waals surface area (Å²) in [6.45, 7) is -0.0613. The zero-order valence-electron chi connectivity index (χ0n) is 17.0. The first-order valence-corrected chi connectivity index (χ1v) is 11.6. The lowest BCUT2D eigenvalue weighted by Crippen LogP contribution is -2.30. The summed E-state index contributed by atoms with van der Waals surface area (Å²) in [6, 6.07) is 21.0. The van der Waals surface area contributed by atoms with E-state index in [1.807, 2.05) is 12.1 Å². The first kappa shape index (κ1) is 23.3. The number of anilines is 1. The van der Waals surface area contributed by atoms with E-state index in [0.717, 1.165) is 5.56 Å². The SMILES string of the molecule is O=C(COC(=O)c1cccc(NS(=O)(=O)c2ccccc2)c1)NCCc1ccc(Cl)cc1. The van der Waals surface area contributed by atoms with Gasteiger partial charge in [-0.3, -0.25) is 9.52 Å². The molecule has 0 saturated heterocycles. The van der Waals surface area contributed by atoms with Crippen molar-refractivity contribution in [1.29, 1.82) is 0 Å². The normalized spacial score (nSPS) is 10.9. The summed E-state index contributed by atoms with van der Waals surface area (Å²) < 4.78 is 32.3. The highest BCUT2D eigenvalue weighted by atomic mass is 35.5. The monoisotopic (exact) mass is 472 g/mol. The van der Waals surface area contributed by atoms with E-state index in [1.54, 1.807) is 30.3 Å². The Morgan fingerprint density at radius 2 is 1.62 bits per heavy atom. The van der Waals surface area contributed by atoms with Gasteiger partial charge < -0.3 is 10.1 Å². The van der Waals surface area contributed by atoms with Gasteiger partial charge in [0, 0.05) is 17.3 Å². The third kappa shape index (κ3) is 6.83. The molecule has 0 aliphatic rings. The lowest BCUT2D eigenvalue weighted by molar-refractivity contribution is -0.124. The average Bonchev–Trinajstić information content (AvgIpc) is 2.79. The van der Waals surface area contributed by atoms with Gasteiger partial charge in [0.05, 0.1) is 10.5 Å². The molecule has 0 fully saturated rings. The fraction of sp³-hybridized carbons (Fsp3) is 0.130. The van der Waals surface area contributed by atoms with Crippen molar-refractivity contribution in [2.45, 2.75) is 11.3 Å².